The topological polar surface area (TPSA) is 54.9 Å². The minimum atomic E-state index is -4.42. The van der Waals surface area contributed by atoms with Gasteiger partial charge in [0.25, 0.3) is 0 Å². The van der Waals surface area contributed by atoms with Gasteiger partial charge in [0.15, 0.2) is 0 Å². The number of halogens is 4. The first-order valence-corrected chi connectivity index (χ1v) is 8.99. The number of nitrogens with zero attached hydrogens (tertiary/aromatic N) is 2. The first-order valence-electron chi connectivity index (χ1n) is 8.01. The molecule has 1 amide bonds. The van der Waals surface area contributed by atoms with Crippen LogP contribution < -0.4 is 5.32 Å². The summed E-state index contributed by atoms with van der Waals surface area (Å²) in [6.45, 7) is 0. The van der Waals surface area contributed by atoms with E-state index in [1.807, 2.05) is 0 Å². The summed E-state index contributed by atoms with van der Waals surface area (Å²) in [5.74, 6) is -0.705. The van der Waals surface area contributed by atoms with Crippen molar-refractivity contribution >= 4 is 23.4 Å². The van der Waals surface area contributed by atoms with Crippen molar-refractivity contribution in [3.05, 3.63) is 72.0 Å². The number of carbonyl (C=O) groups excluding carboxylic acids is 1. The number of rotatable bonds is 5. The molecule has 0 spiro atoms. The summed E-state index contributed by atoms with van der Waals surface area (Å²) >= 11 is 1.14. The number of amides is 1. The highest BCUT2D eigenvalue weighted by atomic mass is 32.2. The lowest BCUT2D eigenvalue weighted by atomic mass is 10.1. The summed E-state index contributed by atoms with van der Waals surface area (Å²) in [6, 6.07) is 13.4. The third kappa shape index (κ3) is 5.29. The molecule has 0 saturated heterocycles. The van der Waals surface area contributed by atoms with Crippen LogP contribution in [0.2, 0.25) is 0 Å². The van der Waals surface area contributed by atoms with E-state index in [-0.39, 0.29) is 23.2 Å². The lowest BCUT2D eigenvalue weighted by molar-refractivity contribution is -0.137. The van der Waals surface area contributed by atoms with Gasteiger partial charge in [-0.15, -0.1) is 10.2 Å². The maximum absolute atomic E-state index is 12.9. The average molecular weight is 407 g/mol. The van der Waals surface area contributed by atoms with Crippen molar-refractivity contribution in [3.8, 4) is 11.3 Å². The molecule has 1 aromatic heterocycles. The molecule has 4 nitrogen and oxygen atoms in total. The van der Waals surface area contributed by atoms with E-state index >= 15 is 0 Å². The number of hydrogen-bond donors (Lipinski definition) is 1. The van der Waals surface area contributed by atoms with Gasteiger partial charge in [-0.25, -0.2) is 4.39 Å². The van der Waals surface area contributed by atoms with Crippen molar-refractivity contribution in [3.63, 3.8) is 0 Å². The Kier molecular flexibility index (Phi) is 5.93. The maximum Gasteiger partial charge on any atom is 0.416 e. The fraction of sp³-hybridized carbons (Fsp3) is 0.105. The summed E-state index contributed by atoms with van der Waals surface area (Å²) in [4.78, 5) is 12.0. The Labute approximate surface area is 162 Å². The summed E-state index contributed by atoms with van der Waals surface area (Å²) < 4.78 is 50.5. The fourth-order valence-corrected chi connectivity index (χ4v) is 2.86. The van der Waals surface area contributed by atoms with Gasteiger partial charge in [0, 0.05) is 11.3 Å². The molecule has 144 valence electrons. The molecule has 0 unspecified atom stereocenters. The highest BCUT2D eigenvalue weighted by molar-refractivity contribution is 7.99. The summed E-state index contributed by atoms with van der Waals surface area (Å²) in [5, 5.41) is 11.1. The van der Waals surface area contributed by atoms with Crippen molar-refractivity contribution in [2.75, 3.05) is 11.1 Å². The van der Waals surface area contributed by atoms with Crippen LogP contribution in [0.25, 0.3) is 11.3 Å². The molecule has 0 radical (unpaired) electrons. The molecule has 3 aromatic rings. The molecule has 0 aliphatic heterocycles. The van der Waals surface area contributed by atoms with Gasteiger partial charge in [0.1, 0.15) is 10.8 Å². The van der Waals surface area contributed by atoms with Gasteiger partial charge in [-0.05, 0) is 60.7 Å². The number of carbonyl (C=O) groups is 1. The van der Waals surface area contributed by atoms with Gasteiger partial charge in [-0.2, -0.15) is 13.2 Å². The van der Waals surface area contributed by atoms with Crippen molar-refractivity contribution in [1.82, 2.24) is 10.2 Å². The monoisotopic (exact) mass is 407 g/mol. The van der Waals surface area contributed by atoms with E-state index in [0.717, 1.165) is 23.9 Å². The molecule has 2 aromatic carbocycles. The second-order valence-corrected chi connectivity index (χ2v) is 6.67. The normalized spacial score (nSPS) is 11.3. The molecule has 1 heterocycles. The van der Waals surface area contributed by atoms with Crippen molar-refractivity contribution in [1.29, 1.82) is 0 Å². The smallest absolute Gasteiger partial charge is 0.325 e. The highest BCUT2D eigenvalue weighted by Gasteiger charge is 2.29. The molecule has 28 heavy (non-hydrogen) atoms. The molecular formula is C19H13F4N3OS. The maximum atomic E-state index is 12.9. The van der Waals surface area contributed by atoms with Crippen LogP contribution in [0.1, 0.15) is 5.56 Å². The number of thioether (sulfide) groups is 1. The lowest BCUT2D eigenvalue weighted by Crippen LogP contribution is -2.14. The Morgan fingerprint density at radius 3 is 2.18 bits per heavy atom. The largest absolute Gasteiger partial charge is 0.416 e. The van der Waals surface area contributed by atoms with E-state index in [4.69, 9.17) is 0 Å². The van der Waals surface area contributed by atoms with Crippen LogP contribution in [0, 0.1) is 5.82 Å². The van der Waals surface area contributed by atoms with Crippen molar-refractivity contribution < 1.29 is 22.4 Å². The van der Waals surface area contributed by atoms with Gasteiger partial charge in [0.05, 0.1) is 17.0 Å². The van der Waals surface area contributed by atoms with Crippen LogP contribution in [-0.2, 0) is 11.0 Å². The molecule has 0 fully saturated rings. The molecule has 9 heteroatoms. The van der Waals surface area contributed by atoms with Crippen LogP contribution in [0.15, 0.2) is 65.7 Å². The van der Waals surface area contributed by atoms with Crippen LogP contribution >= 0.6 is 11.8 Å². The quantitative estimate of drug-likeness (QED) is 0.476. The van der Waals surface area contributed by atoms with Crippen LogP contribution in [-0.4, -0.2) is 21.9 Å². The third-order valence-electron chi connectivity index (χ3n) is 3.63. The Balaban J connectivity index is 1.53. The summed E-state index contributed by atoms with van der Waals surface area (Å²) in [5.41, 5.74) is 0.775. The molecule has 0 aliphatic rings. The zero-order chi connectivity index (χ0) is 20.1. The predicted octanol–water partition coefficient (Wildman–Crippen LogP) is 5.03. The van der Waals surface area contributed by atoms with E-state index in [1.165, 1.54) is 24.3 Å². The number of nitrogens with one attached hydrogen (secondary N) is 1. The summed E-state index contributed by atoms with van der Waals surface area (Å²) in [6.07, 6.45) is -4.42. The molecular weight excluding hydrogens is 394 g/mol. The Hall–Kier alpha value is -2.94. The Morgan fingerprint density at radius 2 is 1.61 bits per heavy atom. The first-order chi connectivity index (χ1) is 13.3. The minimum absolute atomic E-state index is 0.0194. The second kappa shape index (κ2) is 8.39. The first kappa shape index (κ1) is 19.8. The zero-order valence-electron chi connectivity index (χ0n) is 14.2. The van der Waals surface area contributed by atoms with Crippen molar-refractivity contribution in [2.45, 2.75) is 11.2 Å². The van der Waals surface area contributed by atoms with E-state index in [2.05, 4.69) is 15.5 Å². The van der Waals surface area contributed by atoms with Gasteiger partial charge in [0.2, 0.25) is 5.91 Å². The van der Waals surface area contributed by atoms with Crippen molar-refractivity contribution in [2.24, 2.45) is 0 Å². The van der Waals surface area contributed by atoms with Crippen LogP contribution in [0.3, 0.4) is 0 Å². The molecule has 0 saturated carbocycles. The summed E-state index contributed by atoms with van der Waals surface area (Å²) in [7, 11) is 0. The molecule has 0 bridgehead atoms. The van der Waals surface area contributed by atoms with Crippen LogP contribution in [0.5, 0.6) is 0 Å². The fourth-order valence-electron chi connectivity index (χ4n) is 2.25. The predicted molar refractivity (Wildman–Crippen MR) is 98.2 cm³/mol. The number of alkyl halides is 3. The Bertz CT molecular complexity index is 943. The molecule has 0 atom stereocenters. The minimum Gasteiger partial charge on any atom is -0.325 e. The molecule has 3 rings (SSSR count). The zero-order valence-corrected chi connectivity index (χ0v) is 15.0. The standard InChI is InChI=1S/C19H13F4N3OS/c20-14-5-1-12(2-6-14)16-9-10-18(26-25-16)28-11-17(27)24-15-7-3-13(4-8-15)19(21,22)23/h1-10H,11H2,(H,24,27). The number of benzene rings is 2. The van der Waals surface area contributed by atoms with E-state index in [9.17, 15) is 22.4 Å². The lowest BCUT2D eigenvalue weighted by Gasteiger charge is -2.08. The van der Waals surface area contributed by atoms with E-state index in [1.54, 1.807) is 24.3 Å². The average Bonchev–Trinajstić information content (AvgIpc) is 2.67. The number of hydrogen-bond acceptors (Lipinski definition) is 4. The molecule has 0 aliphatic carbocycles. The SMILES string of the molecule is O=C(CSc1ccc(-c2ccc(F)cc2)nn1)Nc1ccc(C(F)(F)F)cc1. The van der Waals surface area contributed by atoms with Gasteiger partial charge in [-0.1, -0.05) is 11.8 Å². The number of aromatic nitrogens is 2. The van der Waals surface area contributed by atoms with Gasteiger partial charge in [-0.3, -0.25) is 4.79 Å². The Morgan fingerprint density at radius 1 is 0.929 bits per heavy atom. The third-order valence-corrected chi connectivity index (χ3v) is 4.55. The van der Waals surface area contributed by atoms with Crippen LogP contribution in [0.4, 0.5) is 23.2 Å². The molecule has 1 N–H and O–H groups in total. The second-order valence-electron chi connectivity index (χ2n) is 5.68. The van der Waals surface area contributed by atoms with Gasteiger partial charge >= 0.3 is 6.18 Å². The number of anilines is 1. The van der Waals surface area contributed by atoms with E-state index in [0.29, 0.717) is 16.3 Å². The highest BCUT2D eigenvalue weighted by Crippen LogP contribution is 2.30. The van der Waals surface area contributed by atoms with E-state index < -0.39 is 11.7 Å². The van der Waals surface area contributed by atoms with Gasteiger partial charge < -0.3 is 5.32 Å².